The Bertz CT molecular complexity index is 534. The van der Waals surface area contributed by atoms with E-state index in [2.05, 4.69) is 41.6 Å². The van der Waals surface area contributed by atoms with E-state index in [0.717, 1.165) is 29.4 Å². The number of hydrogen-bond acceptors (Lipinski definition) is 2. The zero-order valence-corrected chi connectivity index (χ0v) is 12.4. The summed E-state index contributed by atoms with van der Waals surface area (Å²) in [7, 11) is 1.87. The highest BCUT2D eigenvalue weighted by atomic mass is 35.5. The van der Waals surface area contributed by atoms with Crippen LogP contribution in [-0.4, -0.2) is 15.8 Å². The smallest absolute Gasteiger partial charge is 0.131 e. The standard InChI is InChI=1S/C15H20ClN3/c1-11(9-13-7-5-4-6-8-13)17-10-14-12(2)18-19(3)15(14)16/h4-8,11,17H,9-10H2,1-3H3. The van der Waals surface area contributed by atoms with E-state index >= 15 is 0 Å². The van der Waals surface area contributed by atoms with E-state index in [1.807, 2.05) is 20.0 Å². The molecule has 0 aliphatic rings. The van der Waals surface area contributed by atoms with Crippen LogP contribution in [-0.2, 0) is 20.0 Å². The molecule has 0 amide bonds. The quantitative estimate of drug-likeness (QED) is 0.910. The fraction of sp³-hybridized carbons (Fsp3) is 0.400. The molecular weight excluding hydrogens is 258 g/mol. The van der Waals surface area contributed by atoms with E-state index in [-0.39, 0.29) is 0 Å². The highest BCUT2D eigenvalue weighted by Crippen LogP contribution is 2.18. The molecule has 0 fully saturated rings. The van der Waals surface area contributed by atoms with Gasteiger partial charge >= 0.3 is 0 Å². The van der Waals surface area contributed by atoms with Crippen LogP contribution < -0.4 is 5.32 Å². The minimum Gasteiger partial charge on any atom is -0.310 e. The summed E-state index contributed by atoms with van der Waals surface area (Å²) in [6.07, 6.45) is 1.01. The zero-order valence-electron chi connectivity index (χ0n) is 11.7. The number of aryl methyl sites for hydroxylation is 2. The molecule has 1 unspecified atom stereocenters. The van der Waals surface area contributed by atoms with Crippen molar-refractivity contribution < 1.29 is 0 Å². The van der Waals surface area contributed by atoms with E-state index in [1.54, 1.807) is 4.68 Å². The van der Waals surface area contributed by atoms with Gasteiger partial charge in [-0.3, -0.25) is 4.68 Å². The summed E-state index contributed by atoms with van der Waals surface area (Å²) in [6, 6.07) is 10.9. The third-order valence-electron chi connectivity index (χ3n) is 3.28. The third kappa shape index (κ3) is 3.58. The Labute approximate surface area is 119 Å². The lowest BCUT2D eigenvalue weighted by Gasteiger charge is -2.13. The van der Waals surface area contributed by atoms with Crippen LogP contribution in [0.2, 0.25) is 5.15 Å². The van der Waals surface area contributed by atoms with Gasteiger partial charge in [0.25, 0.3) is 0 Å². The maximum absolute atomic E-state index is 6.22. The summed E-state index contributed by atoms with van der Waals surface area (Å²) in [6.45, 7) is 4.93. The molecular formula is C15H20ClN3. The molecule has 2 aromatic rings. The van der Waals surface area contributed by atoms with Crippen molar-refractivity contribution in [2.75, 3.05) is 0 Å². The van der Waals surface area contributed by atoms with Crippen LogP contribution in [0.25, 0.3) is 0 Å². The van der Waals surface area contributed by atoms with Gasteiger partial charge in [-0.05, 0) is 25.8 Å². The van der Waals surface area contributed by atoms with Crippen molar-refractivity contribution in [2.24, 2.45) is 7.05 Å². The summed E-state index contributed by atoms with van der Waals surface area (Å²) in [4.78, 5) is 0. The summed E-state index contributed by atoms with van der Waals surface area (Å²) in [5, 5.41) is 8.54. The molecule has 0 saturated carbocycles. The van der Waals surface area contributed by atoms with Crippen molar-refractivity contribution in [3.63, 3.8) is 0 Å². The van der Waals surface area contributed by atoms with Gasteiger partial charge in [0.2, 0.25) is 0 Å². The van der Waals surface area contributed by atoms with E-state index in [9.17, 15) is 0 Å². The van der Waals surface area contributed by atoms with E-state index in [1.165, 1.54) is 5.56 Å². The molecule has 1 aromatic carbocycles. The van der Waals surface area contributed by atoms with Crippen LogP contribution >= 0.6 is 11.6 Å². The van der Waals surface area contributed by atoms with E-state index in [0.29, 0.717) is 6.04 Å². The Hall–Kier alpha value is -1.32. The first-order valence-corrected chi connectivity index (χ1v) is 6.91. The third-order valence-corrected chi connectivity index (χ3v) is 3.75. The predicted molar refractivity (Wildman–Crippen MR) is 79.4 cm³/mol. The average molecular weight is 278 g/mol. The van der Waals surface area contributed by atoms with Gasteiger partial charge in [0.1, 0.15) is 5.15 Å². The fourth-order valence-electron chi connectivity index (χ4n) is 2.19. The van der Waals surface area contributed by atoms with Crippen molar-refractivity contribution in [3.8, 4) is 0 Å². The molecule has 102 valence electrons. The molecule has 1 atom stereocenters. The van der Waals surface area contributed by atoms with Crippen LogP contribution in [0.4, 0.5) is 0 Å². The summed E-state index contributed by atoms with van der Waals surface area (Å²) >= 11 is 6.22. The Balaban J connectivity index is 1.92. The van der Waals surface area contributed by atoms with E-state index in [4.69, 9.17) is 11.6 Å². The zero-order chi connectivity index (χ0) is 13.8. The van der Waals surface area contributed by atoms with Gasteiger partial charge in [-0.2, -0.15) is 5.10 Å². The molecule has 0 aliphatic heterocycles. The van der Waals surface area contributed by atoms with Crippen LogP contribution in [0, 0.1) is 6.92 Å². The second-order valence-corrected chi connectivity index (χ2v) is 5.31. The molecule has 0 bridgehead atoms. The summed E-state index contributed by atoms with van der Waals surface area (Å²) in [5.74, 6) is 0. The molecule has 1 aromatic heterocycles. The van der Waals surface area contributed by atoms with Crippen LogP contribution in [0.3, 0.4) is 0 Å². The van der Waals surface area contributed by atoms with E-state index < -0.39 is 0 Å². The number of rotatable bonds is 5. The molecule has 3 nitrogen and oxygen atoms in total. The van der Waals surface area contributed by atoms with Gasteiger partial charge in [0, 0.05) is 25.2 Å². The molecule has 1 N–H and O–H groups in total. The topological polar surface area (TPSA) is 29.9 Å². The molecule has 0 aliphatic carbocycles. The second-order valence-electron chi connectivity index (χ2n) is 4.95. The van der Waals surface area contributed by atoms with Crippen LogP contribution in [0.5, 0.6) is 0 Å². The largest absolute Gasteiger partial charge is 0.310 e. The Morgan fingerprint density at radius 2 is 2.00 bits per heavy atom. The molecule has 19 heavy (non-hydrogen) atoms. The van der Waals surface area contributed by atoms with Gasteiger partial charge in [-0.1, -0.05) is 41.9 Å². The maximum atomic E-state index is 6.22. The van der Waals surface area contributed by atoms with Gasteiger partial charge < -0.3 is 5.32 Å². The Morgan fingerprint density at radius 3 is 2.58 bits per heavy atom. The first-order chi connectivity index (χ1) is 9.08. The number of nitrogens with one attached hydrogen (secondary N) is 1. The number of hydrogen-bond donors (Lipinski definition) is 1. The Kier molecular flexibility index (Phi) is 4.61. The minimum atomic E-state index is 0.401. The van der Waals surface area contributed by atoms with Crippen molar-refractivity contribution in [2.45, 2.75) is 32.9 Å². The lowest BCUT2D eigenvalue weighted by molar-refractivity contribution is 0.544. The van der Waals surface area contributed by atoms with Crippen molar-refractivity contribution in [1.29, 1.82) is 0 Å². The fourth-order valence-corrected chi connectivity index (χ4v) is 2.43. The van der Waals surface area contributed by atoms with Crippen LogP contribution in [0.15, 0.2) is 30.3 Å². The molecule has 1 heterocycles. The monoisotopic (exact) mass is 277 g/mol. The second kappa shape index (κ2) is 6.22. The normalized spacial score (nSPS) is 12.6. The number of aromatic nitrogens is 2. The first kappa shape index (κ1) is 14.1. The Morgan fingerprint density at radius 1 is 1.32 bits per heavy atom. The molecule has 0 radical (unpaired) electrons. The predicted octanol–water partition coefficient (Wildman–Crippen LogP) is 3.10. The van der Waals surface area contributed by atoms with Crippen molar-refractivity contribution >= 4 is 11.6 Å². The minimum absolute atomic E-state index is 0.401. The van der Waals surface area contributed by atoms with Gasteiger partial charge in [0.15, 0.2) is 0 Å². The van der Waals surface area contributed by atoms with Gasteiger partial charge in [-0.25, -0.2) is 0 Å². The SMILES string of the molecule is Cc1nn(C)c(Cl)c1CNC(C)Cc1ccccc1. The molecule has 0 saturated heterocycles. The number of benzene rings is 1. The van der Waals surface area contributed by atoms with Gasteiger partial charge in [-0.15, -0.1) is 0 Å². The average Bonchev–Trinajstić information content (AvgIpc) is 2.62. The van der Waals surface area contributed by atoms with Crippen molar-refractivity contribution in [3.05, 3.63) is 52.3 Å². The molecule has 0 spiro atoms. The molecule has 2 rings (SSSR count). The van der Waals surface area contributed by atoms with Crippen molar-refractivity contribution in [1.82, 2.24) is 15.1 Å². The lowest BCUT2D eigenvalue weighted by Crippen LogP contribution is -2.27. The summed E-state index contributed by atoms with van der Waals surface area (Å²) < 4.78 is 1.72. The lowest BCUT2D eigenvalue weighted by atomic mass is 10.1. The number of halogens is 1. The summed E-state index contributed by atoms with van der Waals surface area (Å²) in [5.41, 5.74) is 3.42. The highest BCUT2D eigenvalue weighted by molar-refractivity contribution is 6.30. The molecule has 4 heteroatoms. The van der Waals surface area contributed by atoms with Crippen LogP contribution in [0.1, 0.15) is 23.7 Å². The first-order valence-electron chi connectivity index (χ1n) is 6.53. The maximum Gasteiger partial charge on any atom is 0.131 e. The van der Waals surface area contributed by atoms with Gasteiger partial charge in [0.05, 0.1) is 5.69 Å². The number of nitrogens with zero attached hydrogens (tertiary/aromatic N) is 2. The highest BCUT2D eigenvalue weighted by Gasteiger charge is 2.12.